The van der Waals surface area contributed by atoms with Gasteiger partial charge in [0.05, 0.1) is 5.69 Å². The van der Waals surface area contributed by atoms with Crippen molar-refractivity contribution in [2.45, 2.75) is 26.3 Å². The van der Waals surface area contributed by atoms with E-state index in [4.69, 9.17) is 0 Å². The van der Waals surface area contributed by atoms with Gasteiger partial charge in [-0.1, -0.05) is 37.3 Å². The van der Waals surface area contributed by atoms with E-state index < -0.39 is 0 Å². The molecule has 1 unspecified atom stereocenters. The van der Waals surface area contributed by atoms with Crippen LogP contribution < -0.4 is 10.6 Å². The van der Waals surface area contributed by atoms with E-state index >= 15 is 0 Å². The number of hydrogen-bond acceptors (Lipinski definition) is 5. The van der Waals surface area contributed by atoms with Crippen molar-refractivity contribution < 1.29 is 0 Å². The molecule has 0 saturated heterocycles. The lowest BCUT2D eigenvalue weighted by atomic mass is 10.1. The molecule has 0 radical (unpaired) electrons. The molecule has 0 aliphatic heterocycles. The Morgan fingerprint density at radius 1 is 1.13 bits per heavy atom. The first-order valence-electron chi connectivity index (χ1n) is 8.18. The van der Waals surface area contributed by atoms with E-state index in [1.807, 2.05) is 24.3 Å². The van der Waals surface area contributed by atoms with Crippen molar-refractivity contribution in [3.63, 3.8) is 0 Å². The topological polar surface area (TPSA) is 53.1 Å². The van der Waals surface area contributed by atoms with E-state index in [0.29, 0.717) is 12.0 Å². The molecule has 0 aliphatic carbocycles. The smallest absolute Gasteiger partial charge is 0.225 e. The van der Waals surface area contributed by atoms with E-state index in [2.05, 4.69) is 65.6 Å². The van der Waals surface area contributed by atoms with Crippen molar-refractivity contribution >= 4 is 11.8 Å². The molecule has 0 fully saturated rings. The maximum Gasteiger partial charge on any atom is 0.225 e. The maximum atomic E-state index is 4.66. The van der Waals surface area contributed by atoms with Crippen LogP contribution in [0.2, 0.25) is 0 Å². The van der Waals surface area contributed by atoms with Gasteiger partial charge < -0.3 is 15.5 Å². The van der Waals surface area contributed by atoms with Gasteiger partial charge in [0.1, 0.15) is 5.82 Å². The second-order valence-corrected chi connectivity index (χ2v) is 6.01. The van der Waals surface area contributed by atoms with E-state index in [-0.39, 0.29) is 0 Å². The number of rotatable bonds is 8. The van der Waals surface area contributed by atoms with Gasteiger partial charge >= 0.3 is 0 Å². The standard InChI is InChI=1S/C18H27N5/c1-5-14(2)20-18-21-16(15-9-7-6-8-10-15)13-17(22-18)19-11-12-23(3)4/h6-10,13-14H,5,11-12H2,1-4H3,(H2,19,20,21,22). The zero-order valence-electron chi connectivity index (χ0n) is 14.5. The molecule has 0 bridgehead atoms. The molecule has 0 spiro atoms. The number of aromatic nitrogens is 2. The van der Waals surface area contributed by atoms with Gasteiger partial charge in [0, 0.05) is 30.8 Å². The number of benzene rings is 1. The summed E-state index contributed by atoms with van der Waals surface area (Å²) in [5.74, 6) is 1.53. The third-order valence-electron chi connectivity index (χ3n) is 3.65. The lowest BCUT2D eigenvalue weighted by Gasteiger charge is -2.15. The van der Waals surface area contributed by atoms with Crippen LogP contribution in [-0.2, 0) is 0 Å². The number of nitrogens with one attached hydrogen (secondary N) is 2. The maximum absolute atomic E-state index is 4.66. The highest BCUT2D eigenvalue weighted by Crippen LogP contribution is 2.21. The second kappa shape index (κ2) is 8.48. The molecule has 1 atom stereocenters. The minimum absolute atomic E-state index is 0.343. The molecule has 124 valence electrons. The summed E-state index contributed by atoms with van der Waals surface area (Å²) in [5, 5.41) is 6.75. The van der Waals surface area contributed by atoms with Gasteiger partial charge in [0.2, 0.25) is 5.95 Å². The zero-order valence-corrected chi connectivity index (χ0v) is 14.5. The normalized spacial score (nSPS) is 12.2. The summed E-state index contributed by atoms with van der Waals surface area (Å²) in [6, 6.07) is 12.6. The SMILES string of the molecule is CCC(C)Nc1nc(NCCN(C)C)cc(-c2ccccc2)n1. The minimum Gasteiger partial charge on any atom is -0.369 e. The minimum atomic E-state index is 0.343. The highest BCUT2D eigenvalue weighted by Gasteiger charge is 2.08. The quantitative estimate of drug-likeness (QED) is 0.783. The summed E-state index contributed by atoms with van der Waals surface area (Å²) < 4.78 is 0. The van der Waals surface area contributed by atoms with Crippen molar-refractivity contribution in [2.75, 3.05) is 37.8 Å². The van der Waals surface area contributed by atoms with Gasteiger partial charge in [-0.05, 0) is 27.4 Å². The molecule has 1 heterocycles. The van der Waals surface area contributed by atoms with E-state index in [9.17, 15) is 0 Å². The van der Waals surface area contributed by atoms with Crippen LogP contribution in [0.5, 0.6) is 0 Å². The third-order valence-corrected chi connectivity index (χ3v) is 3.65. The fourth-order valence-corrected chi connectivity index (χ4v) is 2.09. The Kier molecular flexibility index (Phi) is 6.35. The Bertz CT molecular complexity index is 598. The fourth-order valence-electron chi connectivity index (χ4n) is 2.09. The fraction of sp³-hybridized carbons (Fsp3) is 0.444. The van der Waals surface area contributed by atoms with Crippen LogP contribution in [0, 0.1) is 0 Å². The molecule has 2 aromatic rings. The number of nitrogens with zero attached hydrogens (tertiary/aromatic N) is 3. The number of anilines is 2. The molecule has 5 heteroatoms. The summed E-state index contributed by atoms with van der Waals surface area (Å²) in [7, 11) is 4.12. The second-order valence-electron chi connectivity index (χ2n) is 6.01. The van der Waals surface area contributed by atoms with Gasteiger partial charge in [0.15, 0.2) is 0 Å². The van der Waals surface area contributed by atoms with Crippen LogP contribution in [0.15, 0.2) is 36.4 Å². The molecule has 0 aliphatic rings. The lowest BCUT2D eigenvalue weighted by molar-refractivity contribution is 0.425. The molecular weight excluding hydrogens is 286 g/mol. The average Bonchev–Trinajstić information content (AvgIpc) is 2.55. The Hall–Kier alpha value is -2.14. The van der Waals surface area contributed by atoms with Gasteiger partial charge in [-0.25, -0.2) is 4.98 Å². The number of likely N-dealkylation sites (N-methyl/N-ethyl adjacent to an activating group) is 1. The van der Waals surface area contributed by atoms with Crippen molar-refractivity contribution in [1.82, 2.24) is 14.9 Å². The van der Waals surface area contributed by atoms with Crippen LogP contribution in [0.25, 0.3) is 11.3 Å². The summed E-state index contributed by atoms with van der Waals surface area (Å²) in [5.41, 5.74) is 2.02. The Labute approximate surface area is 139 Å². The first-order valence-corrected chi connectivity index (χ1v) is 8.18. The van der Waals surface area contributed by atoms with Crippen molar-refractivity contribution in [1.29, 1.82) is 0 Å². The largest absolute Gasteiger partial charge is 0.369 e. The molecule has 0 saturated carbocycles. The molecule has 1 aromatic heterocycles. The lowest BCUT2D eigenvalue weighted by Crippen LogP contribution is -2.22. The van der Waals surface area contributed by atoms with Gasteiger partial charge in [-0.15, -0.1) is 0 Å². The first-order chi connectivity index (χ1) is 11.1. The van der Waals surface area contributed by atoms with Crippen LogP contribution in [-0.4, -0.2) is 48.1 Å². The number of hydrogen-bond donors (Lipinski definition) is 2. The molecular formula is C18H27N5. The molecule has 1 aromatic carbocycles. The Balaban J connectivity index is 2.24. The van der Waals surface area contributed by atoms with Crippen LogP contribution >= 0.6 is 0 Å². The van der Waals surface area contributed by atoms with Crippen molar-refractivity contribution in [2.24, 2.45) is 0 Å². The van der Waals surface area contributed by atoms with Crippen LogP contribution in [0.4, 0.5) is 11.8 Å². The van der Waals surface area contributed by atoms with Crippen molar-refractivity contribution in [3.05, 3.63) is 36.4 Å². The van der Waals surface area contributed by atoms with Crippen LogP contribution in [0.3, 0.4) is 0 Å². The Morgan fingerprint density at radius 3 is 2.52 bits per heavy atom. The third kappa shape index (κ3) is 5.53. The van der Waals surface area contributed by atoms with E-state index in [1.54, 1.807) is 0 Å². The predicted octanol–water partition coefficient (Wildman–Crippen LogP) is 3.33. The van der Waals surface area contributed by atoms with Crippen molar-refractivity contribution in [3.8, 4) is 11.3 Å². The molecule has 2 N–H and O–H groups in total. The van der Waals surface area contributed by atoms with E-state index in [1.165, 1.54) is 0 Å². The van der Waals surface area contributed by atoms with Gasteiger partial charge in [-0.3, -0.25) is 0 Å². The zero-order chi connectivity index (χ0) is 16.7. The van der Waals surface area contributed by atoms with Gasteiger partial charge in [0.25, 0.3) is 0 Å². The summed E-state index contributed by atoms with van der Waals surface area (Å²) in [4.78, 5) is 11.4. The highest BCUT2D eigenvalue weighted by molar-refractivity contribution is 5.64. The average molecular weight is 313 g/mol. The molecule has 23 heavy (non-hydrogen) atoms. The van der Waals surface area contributed by atoms with Gasteiger partial charge in [-0.2, -0.15) is 4.98 Å². The molecule has 2 rings (SSSR count). The summed E-state index contributed by atoms with van der Waals surface area (Å²) in [6.45, 7) is 6.09. The van der Waals surface area contributed by atoms with E-state index in [0.717, 1.165) is 36.6 Å². The first kappa shape index (κ1) is 17.2. The molecule has 0 amide bonds. The predicted molar refractivity (Wildman–Crippen MR) is 97.9 cm³/mol. The van der Waals surface area contributed by atoms with Crippen LogP contribution in [0.1, 0.15) is 20.3 Å². The summed E-state index contributed by atoms with van der Waals surface area (Å²) >= 11 is 0. The highest BCUT2D eigenvalue weighted by atomic mass is 15.2. The summed E-state index contributed by atoms with van der Waals surface area (Å²) in [6.07, 6.45) is 1.03. The molecule has 5 nitrogen and oxygen atoms in total. The monoisotopic (exact) mass is 313 g/mol. The Morgan fingerprint density at radius 2 is 1.87 bits per heavy atom.